The molecule has 1 unspecified atom stereocenters. The predicted molar refractivity (Wildman–Crippen MR) is 88.1 cm³/mol. The first kappa shape index (κ1) is 14.1. The fourth-order valence-corrected chi connectivity index (χ4v) is 3.28. The van der Waals surface area contributed by atoms with Gasteiger partial charge in [-0.1, -0.05) is 25.1 Å². The van der Waals surface area contributed by atoms with Crippen LogP contribution in [-0.2, 0) is 7.05 Å². The van der Waals surface area contributed by atoms with Crippen molar-refractivity contribution < 1.29 is 0 Å². The Morgan fingerprint density at radius 3 is 2.90 bits per heavy atom. The van der Waals surface area contributed by atoms with Crippen LogP contribution in [0.1, 0.15) is 19.8 Å². The molecule has 1 saturated heterocycles. The van der Waals surface area contributed by atoms with Gasteiger partial charge in [-0.25, -0.2) is 0 Å². The van der Waals surface area contributed by atoms with Crippen molar-refractivity contribution in [2.24, 2.45) is 7.05 Å². The molecule has 0 bridgehead atoms. The standard InChI is InChI=1S/C17H23N3O/c1-3-10-20(13-8-9-18-12-13)16-11-17(21)19(2)15-7-5-4-6-14(15)16/h4-7,11,13,18H,3,8-10,12H2,1-2H3. The number of nitrogens with zero attached hydrogens (tertiary/aromatic N) is 2. The largest absolute Gasteiger partial charge is 0.367 e. The summed E-state index contributed by atoms with van der Waals surface area (Å²) in [4.78, 5) is 14.7. The fourth-order valence-electron chi connectivity index (χ4n) is 3.28. The molecule has 4 nitrogen and oxygen atoms in total. The number of rotatable bonds is 4. The number of pyridine rings is 1. The lowest BCUT2D eigenvalue weighted by Crippen LogP contribution is -2.38. The van der Waals surface area contributed by atoms with Gasteiger partial charge >= 0.3 is 0 Å². The Morgan fingerprint density at radius 1 is 1.38 bits per heavy atom. The van der Waals surface area contributed by atoms with E-state index >= 15 is 0 Å². The Balaban J connectivity index is 2.17. The van der Waals surface area contributed by atoms with Gasteiger partial charge in [0.25, 0.3) is 5.56 Å². The highest BCUT2D eigenvalue weighted by Gasteiger charge is 2.24. The van der Waals surface area contributed by atoms with E-state index in [9.17, 15) is 4.79 Å². The van der Waals surface area contributed by atoms with Gasteiger partial charge < -0.3 is 14.8 Å². The fraction of sp³-hybridized carbons (Fsp3) is 0.471. The van der Waals surface area contributed by atoms with E-state index < -0.39 is 0 Å². The zero-order valence-corrected chi connectivity index (χ0v) is 12.8. The van der Waals surface area contributed by atoms with E-state index in [1.807, 2.05) is 25.2 Å². The maximum atomic E-state index is 12.3. The second kappa shape index (κ2) is 5.90. The van der Waals surface area contributed by atoms with Gasteiger partial charge in [-0.15, -0.1) is 0 Å². The van der Waals surface area contributed by atoms with Crippen LogP contribution in [0.2, 0.25) is 0 Å². The number of aryl methyl sites for hydroxylation is 1. The van der Waals surface area contributed by atoms with Crippen molar-refractivity contribution >= 4 is 16.6 Å². The van der Waals surface area contributed by atoms with Gasteiger partial charge in [-0.2, -0.15) is 0 Å². The number of nitrogens with one attached hydrogen (secondary N) is 1. The van der Waals surface area contributed by atoms with Crippen LogP contribution < -0.4 is 15.8 Å². The van der Waals surface area contributed by atoms with Crippen molar-refractivity contribution in [1.29, 1.82) is 0 Å². The molecule has 1 aliphatic rings. The lowest BCUT2D eigenvalue weighted by atomic mass is 10.1. The molecule has 2 heterocycles. The van der Waals surface area contributed by atoms with Crippen molar-refractivity contribution in [3.05, 3.63) is 40.7 Å². The number of hydrogen-bond donors (Lipinski definition) is 1. The minimum Gasteiger partial charge on any atom is -0.367 e. The van der Waals surface area contributed by atoms with E-state index in [1.165, 1.54) is 5.39 Å². The summed E-state index contributed by atoms with van der Waals surface area (Å²) in [7, 11) is 1.84. The topological polar surface area (TPSA) is 37.3 Å². The summed E-state index contributed by atoms with van der Waals surface area (Å²) >= 11 is 0. The van der Waals surface area contributed by atoms with Gasteiger partial charge in [0.05, 0.1) is 11.2 Å². The summed E-state index contributed by atoms with van der Waals surface area (Å²) in [5.41, 5.74) is 2.16. The quantitative estimate of drug-likeness (QED) is 0.935. The average molecular weight is 285 g/mol. The molecular formula is C17H23N3O. The number of hydrogen-bond acceptors (Lipinski definition) is 3. The first-order valence-corrected chi connectivity index (χ1v) is 7.78. The third-order valence-corrected chi connectivity index (χ3v) is 4.38. The highest BCUT2D eigenvalue weighted by molar-refractivity contribution is 5.92. The Labute approximate surface area is 125 Å². The Bertz CT molecular complexity index is 686. The van der Waals surface area contributed by atoms with E-state index in [4.69, 9.17) is 0 Å². The van der Waals surface area contributed by atoms with Crippen LogP contribution in [0.15, 0.2) is 35.1 Å². The lowest BCUT2D eigenvalue weighted by Gasteiger charge is -2.31. The second-order valence-corrected chi connectivity index (χ2v) is 5.78. The van der Waals surface area contributed by atoms with E-state index in [2.05, 4.69) is 23.2 Å². The monoisotopic (exact) mass is 285 g/mol. The van der Waals surface area contributed by atoms with E-state index in [0.29, 0.717) is 6.04 Å². The SMILES string of the molecule is CCCN(c1cc(=O)n(C)c2ccccc12)C1CCNC1. The highest BCUT2D eigenvalue weighted by Crippen LogP contribution is 2.28. The van der Waals surface area contributed by atoms with Crippen LogP contribution in [0.25, 0.3) is 10.9 Å². The molecule has 1 aromatic carbocycles. The highest BCUT2D eigenvalue weighted by atomic mass is 16.1. The molecule has 1 atom stereocenters. The van der Waals surface area contributed by atoms with E-state index in [1.54, 1.807) is 10.6 Å². The summed E-state index contributed by atoms with van der Waals surface area (Å²) in [5.74, 6) is 0. The first-order valence-electron chi connectivity index (χ1n) is 7.78. The summed E-state index contributed by atoms with van der Waals surface area (Å²) < 4.78 is 1.73. The van der Waals surface area contributed by atoms with Crippen LogP contribution in [0.4, 0.5) is 5.69 Å². The lowest BCUT2D eigenvalue weighted by molar-refractivity contribution is 0.626. The van der Waals surface area contributed by atoms with Crippen molar-refractivity contribution in [3.63, 3.8) is 0 Å². The van der Waals surface area contributed by atoms with E-state index in [-0.39, 0.29) is 5.56 Å². The summed E-state index contributed by atoms with van der Waals surface area (Å²) in [6.07, 6.45) is 2.23. The zero-order chi connectivity index (χ0) is 14.8. The van der Waals surface area contributed by atoms with Gasteiger partial charge in [-0.05, 0) is 25.5 Å². The van der Waals surface area contributed by atoms with Crippen LogP contribution >= 0.6 is 0 Å². The number of anilines is 1. The second-order valence-electron chi connectivity index (χ2n) is 5.78. The number of para-hydroxylation sites is 1. The molecule has 112 valence electrons. The van der Waals surface area contributed by atoms with Crippen molar-refractivity contribution in [3.8, 4) is 0 Å². The maximum absolute atomic E-state index is 12.3. The normalized spacial score (nSPS) is 18.3. The number of aromatic nitrogens is 1. The third kappa shape index (κ3) is 2.56. The number of benzene rings is 1. The molecular weight excluding hydrogens is 262 g/mol. The summed E-state index contributed by atoms with van der Waals surface area (Å²) in [5, 5.41) is 4.60. The summed E-state index contributed by atoms with van der Waals surface area (Å²) in [6.45, 7) is 5.25. The average Bonchev–Trinajstić information content (AvgIpc) is 3.03. The summed E-state index contributed by atoms with van der Waals surface area (Å²) in [6, 6.07) is 10.5. The Morgan fingerprint density at radius 2 is 2.19 bits per heavy atom. The van der Waals surface area contributed by atoms with Gasteiger partial charge in [0.2, 0.25) is 0 Å². The molecule has 1 N–H and O–H groups in total. The molecule has 0 spiro atoms. The van der Waals surface area contributed by atoms with Gasteiger partial charge in [0.1, 0.15) is 0 Å². The van der Waals surface area contributed by atoms with Crippen molar-refractivity contribution in [2.75, 3.05) is 24.5 Å². The molecule has 1 fully saturated rings. The van der Waals surface area contributed by atoms with Gasteiger partial charge in [0.15, 0.2) is 0 Å². The van der Waals surface area contributed by atoms with Gasteiger partial charge in [0, 0.05) is 37.6 Å². The van der Waals surface area contributed by atoms with Crippen LogP contribution in [-0.4, -0.2) is 30.2 Å². The Hall–Kier alpha value is -1.81. The molecule has 1 aliphatic heterocycles. The first-order chi connectivity index (χ1) is 10.2. The minimum absolute atomic E-state index is 0.0655. The van der Waals surface area contributed by atoms with E-state index in [0.717, 1.165) is 43.7 Å². The van der Waals surface area contributed by atoms with Crippen molar-refractivity contribution in [2.45, 2.75) is 25.8 Å². The molecule has 0 radical (unpaired) electrons. The molecule has 3 rings (SSSR count). The molecule has 4 heteroatoms. The predicted octanol–water partition coefficient (Wildman–Crippen LogP) is 2.12. The van der Waals surface area contributed by atoms with Crippen LogP contribution in [0.3, 0.4) is 0 Å². The molecule has 0 aliphatic carbocycles. The zero-order valence-electron chi connectivity index (χ0n) is 12.8. The Kier molecular flexibility index (Phi) is 3.97. The number of fused-ring (bicyclic) bond motifs is 1. The third-order valence-electron chi connectivity index (χ3n) is 4.38. The van der Waals surface area contributed by atoms with Crippen molar-refractivity contribution in [1.82, 2.24) is 9.88 Å². The molecule has 0 saturated carbocycles. The van der Waals surface area contributed by atoms with Crippen LogP contribution in [0, 0.1) is 0 Å². The smallest absolute Gasteiger partial charge is 0.252 e. The molecule has 21 heavy (non-hydrogen) atoms. The molecule has 1 aromatic heterocycles. The van der Waals surface area contributed by atoms with Crippen LogP contribution in [0.5, 0.6) is 0 Å². The maximum Gasteiger partial charge on any atom is 0.252 e. The molecule has 0 amide bonds. The molecule has 2 aromatic rings. The van der Waals surface area contributed by atoms with Gasteiger partial charge in [-0.3, -0.25) is 4.79 Å². The minimum atomic E-state index is 0.0655.